The number of nitrogens with zero attached hydrogens (tertiary/aromatic N) is 2. The molecule has 1 aromatic carbocycles. The van der Waals surface area contributed by atoms with Gasteiger partial charge < -0.3 is 9.84 Å². The molecule has 0 bridgehead atoms. The van der Waals surface area contributed by atoms with Crippen LogP contribution in [0.4, 0.5) is 4.39 Å². The standard InChI is InChI=1S/C17H15FIN3O3/c18-14-6-12(19)2-1-10(14)5-13-16-11(8-21-22-16)7-20-17(13)15(24)9-25-4-3-23/h1-2,6-8,23H,3-5,9H2,(H,21,22). The van der Waals surface area contributed by atoms with E-state index in [1.807, 2.05) is 28.7 Å². The van der Waals surface area contributed by atoms with Crippen LogP contribution in [-0.4, -0.2) is 45.9 Å². The van der Waals surface area contributed by atoms with Gasteiger partial charge in [0.1, 0.15) is 18.1 Å². The first-order valence-corrected chi connectivity index (χ1v) is 8.64. The van der Waals surface area contributed by atoms with E-state index >= 15 is 0 Å². The molecule has 2 aromatic heterocycles. The van der Waals surface area contributed by atoms with Gasteiger partial charge in [0.15, 0.2) is 0 Å². The highest BCUT2D eigenvalue weighted by molar-refractivity contribution is 14.1. The molecule has 3 aromatic rings. The minimum Gasteiger partial charge on any atom is -0.394 e. The predicted octanol–water partition coefficient (Wildman–Crippen LogP) is 2.48. The number of aliphatic hydroxyl groups excluding tert-OH is 1. The van der Waals surface area contributed by atoms with Gasteiger partial charge in [0.25, 0.3) is 0 Å². The Kier molecular flexibility index (Phi) is 5.71. The first-order chi connectivity index (χ1) is 12.1. The first-order valence-electron chi connectivity index (χ1n) is 7.57. The van der Waals surface area contributed by atoms with Gasteiger partial charge in [0, 0.05) is 27.1 Å². The smallest absolute Gasteiger partial charge is 0.207 e. The lowest BCUT2D eigenvalue weighted by molar-refractivity contribution is 0.0659. The molecular weight excluding hydrogens is 440 g/mol. The van der Waals surface area contributed by atoms with Crippen LogP contribution in [0.5, 0.6) is 0 Å². The van der Waals surface area contributed by atoms with E-state index in [9.17, 15) is 9.18 Å². The highest BCUT2D eigenvalue weighted by atomic mass is 127. The summed E-state index contributed by atoms with van der Waals surface area (Å²) in [5.74, 6) is -0.663. The summed E-state index contributed by atoms with van der Waals surface area (Å²) >= 11 is 2.04. The Morgan fingerprint density at radius 1 is 1.36 bits per heavy atom. The molecule has 6 nitrogen and oxygen atoms in total. The van der Waals surface area contributed by atoms with Crippen LogP contribution >= 0.6 is 22.6 Å². The summed E-state index contributed by atoms with van der Waals surface area (Å²) in [7, 11) is 0. The molecule has 25 heavy (non-hydrogen) atoms. The average Bonchev–Trinajstić information content (AvgIpc) is 3.06. The number of nitrogens with one attached hydrogen (secondary N) is 1. The molecule has 0 spiro atoms. The van der Waals surface area contributed by atoms with Gasteiger partial charge in [0.2, 0.25) is 5.78 Å². The van der Waals surface area contributed by atoms with Crippen molar-refractivity contribution in [1.82, 2.24) is 15.2 Å². The summed E-state index contributed by atoms with van der Waals surface area (Å²) in [6.07, 6.45) is 3.36. The Bertz CT molecular complexity index is 913. The number of rotatable bonds is 7. The molecule has 0 saturated carbocycles. The zero-order chi connectivity index (χ0) is 17.8. The summed E-state index contributed by atoms with van der Waals surface area (Å²) in [4.78, 5) is 16.7. The summed E-state index contributed by atoms with van der Waals surface area (Å²) in [5.41, 5.74) is 1.91. The van der Waals surface area contributed by atoms with Crippen LogP contribution in [0.2, 0.25) is 0 Å². The molecule has 0 radical (unpaired) electrons. The first kappa shape index (κ1) is 17.9. The maximum Gasteiger partial charge on any atom is 0.207 e. The molecule has 2 N–H and O–H groups in total. The zero-order valence-corrected chi connectivity index (χ0v) is 15.3. The number of Topliss-reactive ketones (excluding diaryl/α,β-unsaturated/α-hetero) is 1. The zero-order valence-electron chi connectivity index (χ0n) is 13.1. The molecule has 0 aliphatic rings. The highest BCUT2D eigenvalue weighted by Crippen LogP contribution is 2.24. The number of hydrogen-bond acceptors (Lipinski definition) is 5. The number of carbonyl (C=O) groups excluding carboxylic acids is 1. The second-order valence-electron chi connectivity index (χ2n) is 5.40. The van der Waals surface area contributed by atoms with E-state index in [0.29, 0.717) is 16.6 Å². The molecule has 0 aliphatic heterocycles. The van der Waals surface area contributed by atoms with Crippen LogP contribution in [0.25, 0.3) is 10.9 Å². The van der Waals surface area contributed by atoms with Crippen LogP contribution in [0.1, 0.15) is 21.6 Å². The number of ether oxygens (including phenoxy) is 1. The van der Waals surface area contributed by atoms with Crippen molar-refractivity contribution >= 4 is 39.3 Å². The minimum atomic E-state index is -0.335. The van der Waals surface area contributed by atoms with Crippen LogP contribution in [0.15, 0.2) is 30.6 Å². The van der Waals surface area contributed by atoms with E-state index in [0.717, 1.165) is 8.96 Å². The lowest BCUT2D eigenvalue weighted by Gasteiger charge is -2.10. The fourth-order valence-electron chi connectivity index (χ4n) is 2.53. The van der Waals surface area contributed by atoms with Crippen LogP contribution in [-0.2, 0) is 11.2 Å². The van der Waals surface area contributed by atoms with E-state index in [1.54, 1.807) is 18.5 Å². The topological polar surface area (TPSA) is 88.1 Å². The van der Waals surface area contributed by atoms with Gasteiger partial charge in [-0.3, -0.25) is 14.9 Å². The van der Waals surface area contributed by atoms with E-state index in [2.05, 4.69) is 15.2 Å². The van der Waals surface area contributed by atoms with Crippen molar-refractivity contribution in [2.75, 3.05) is 19.8 Å². The normalized spacial score (nSPS) is 11.2. The van der Waals surface area contributed by atoms with E-state index in [4.69, 9.17) is 9.84 Å². The maximum absolute atomic E-state index is 14.3. The van der Waals surface area contributed by atoms with Crippen LogP contribution in [0.3, 0.4) is 0 Å². The van der Waals surface area contributed by atoms with Crippen molar-refractivity contribution in [2.45, 2.75) is 6.42 Å². The number of fused-ring (bicyclic) bond motifs is 1. The number of pyridine rings is 1. The molecule has 0 saturated heterocycles. The van der Waals surface area contributed by atoms with Crippen LogP contribution < -0.4 is 0 Å². The molecule has 3 rings (SSSR count). The van der Waals surface area contributed by atoms with Gasteiger partial charge in [-0.25, -0.2) is 4.39 Å². The third-order valence-corrected chi connectivity index (χ3v) is 4.38. The number of aromatic amines is 1. The number of aliphatic hydroxyl groups is 1. The van der Waals surface area contributed by atoms with Crippen molar-refractivity contribution in [3.8, 4) is 0 Å². The average molecular weight is 455 g/mol. The SMILES string of the molecule is O=C(COCCO)c1ncc2cn[nH]c2c1Cc1ccc(I)cc1F. The number of benzene rings is 1. The number of aromatic nitrogens is 3. The van der Waals surface area contributed by atoms with Crippen molar-refractivity contribution in [3.63, 3.8) is 0 Å². The Labute approximate surface area is 156 Å². The van der Waals surface area contributed by atoms with E-state index in [1.165, 1.54) is 6.07 Å². The van der Waals surface area contributed by atoms with Gasteiger partial charge in [0.05, 0.1) is 24.9 Å². The monoisotopic (exact) mass is 455 g/mol. The van der Waals surface area contributed by atoms with Gasteiger partial charge >= 0.3 is 0 Å². The molecule has 2 heterocycles. The number of halogens is 2. The lowest BCUT2D eigenvalue weighted by atomic mass is 9.99. The van der Waals surface area contributed by atoms with Crippen molar-refractivity contribution in [2.24, 2.45) is 0 Å². The third-order valence-electron chi connectivity index (χ3n) is 3.70. The molecule has 0 unspecified atom stereocenters. The second kappa shape index (κ2) is 7.98. The fraction of sp³-hybridized carbons (Fsp3) is 0.235. The summed E-state index contributed by atoms with van der Waals surface area (Å²) in [5, 5.41) is 16.3. The molecule has 130 valence electrons. The second-order valence-corrected chi connectivity index (χ2v) is 6.64. The van der Waals surface area contributed by atoms with Crippen molar-refractivity contribution in [1.29, 1.82) is 0 Å². The number of carbonyl (C=O) groups is 1. The largest absolute Gasteiger partial charge is 0.394 e. The Hall–Kier alpha value is -1.91. The number of hydrogen-bond donors (Lipinski definition) is 2. The number of ketones is 1. The van der Waals surface area contributed by atoms with Crippen LogP contribution in [0, 0.1) is 9.39 Å². The molecule has 0 aliphatic carbocycles. The maximum atomic E-state index is 14.3. The van der Waals surface area contributed by atoms with Gasteiger partial charge in [-0.2, -0.15) is 5.10 Å². The Morgan fingerprint density at radius 2 is 2.20 bits per heavy atom. The molecule has 0 fully saturated rings. The highest BCUT2D eigenvalue weighted by Gasteiger charge is 2.19. The third kappa shape index (κ3) is 4.02. The van der Waals surface area contributed by atoms with Gasteiger partial charge in [-0.1, -0.05) is 6.07 Å². The minimum absolute atomic E-state index is 0.0686. The Morgan fingerprint density at radius 3 is 2.96 bits per heavy atom. The van der Waals surface area contributed by atoms with E-state index < -0.39 is 0 Å². The quantitative estimate of drug-likeness (QED) is 0.325. The molecule has 0 amide bonds. The summed E-state index contributed by atoms with van der Waals surface area (Å²) in [6.45, 7) is -0.296. The summed E-state index contributed by atoms with van der Waals surface area (Å²) < 4.78 is 20.1. The van der Waals surface area contributed by atoms with Gasteiger partial charge in [-0.05, 0) is 40.3 Å². The van der Waals surface area contributed by atoms with Crippen molar-refractivity contribution in [3.05, 3.63) is 56.8 Å². The fourth-order valence-corrected chi connectivity index (χ4v) is 2.98. The molecule has 8 heteroatoms. The lowest BCUT2D eigenvalue weighted by Crippen LogP contribution is -2.16. The van der Waals surface area contributed by atoms with Gasteiger partial charge in [-0.15, -0.1) is 0 Å². The predicted molar refractivity (Wildman–Crippen MR) is 98.0 cm³/mol. The Balaban J connectivity index is 2.00. The molecule has 0 atom stereocenters. The number of H-pyrrole nitrogens is 1. The van der Waals surface area contributed by atoms with E-state index in [-0.39, 0.29) is 43.5 Å². The molecular formula is C17H15FIN3O3. The summed E-state index contributed by atoms with van der Waals surface area (Å²) in [6, 6.07) is 4.95. The van der Waals surface area contributed by atoms with Crippen molar-refractivity contribution < 1.29 is 19.0 Å².